The molecule has 0 aliphatic carbocycles. The number of carbonyl (C=O) groups is 1. The maximum absolute atomic E-state index is 12.1. The number of anilines is 1. The monoisotopic (exact) mass is 440 g/mol. The highest BCUT2D eigenvalue weighted by molar-refractivity contribution is 7.99. The molecule has 0 saturated heterocycles. The van der Waals surface area contributed by atoms with Gasteiger partial charge in [-0.05, 0) is 30.7 Å². The Morgan fingerprint density at radius 1 is 1.33 bits per heavy atom. The Hall–Kier alpha value is -1.87. The van der Waals surface area contributed by atoms with Crippen LogP contribution in [0.4, 0.5) is 5.13 Å². The van der Waals surface area contributed by atoms with Crippen molar-refractivity contribution < 1.29 is 4.79 Å². The first-order valence-corrected chi connectivity index (χ1v) is 10.3. The highest BCUT2D eigenvalue weighted by atomic mass is 35.5. The lowest BCUT2D eigenvalue weighted by atomic mass is 10.1. The molecule has 3 aromatic rings. The summed E-state index contributed by atoms with van der Waals surface area (Å²) < 4.78 is 0. The van der Waals surface area contributed by atoms with E-state index in [0.717, 1.165) is 22.2 Å². The number of nitrogens with zero attached hydrogens (tertiary/aromatic N) is 2. The average Bonchev–Trinajstić information content (AvgIpc) is 3.02. The first-order valence-electron chi connectivity index (χ1n) is 7.78. The van der Waals surface area contributed by atoms with Crippen LogP contribution in [-0.4, -0.2) is 26.6 Å². The molecule has 1 amide bonds. The first kappa shape index (κ1) is 19.9. The second kappa shape index (κ2) is 8.88. The van der Waals surface area contributed by atoms with Crippen LogP contribution in [0.3, 0.4) is 0 Å². The van der Waals surface area contributed by atoms with Crippen molar-refractivity contribution in [3.05, 3.63) is 67.0 Å². The van der Waals surface area contributed by atoms with Crippen molar-refractivity contribution in [3.63, 3.8) is 0 Å². The first-order chi connectivity index (χ1) is 12.9. The van der Waals surface area contributed by atoms with Gasteiger partial charge in [0.15, 0.2) is 10.3 Å². The maximum Gasteiger partial charge on any atom is 0.251 e. The third kappa shape index (κ3) is 5.80. The number of aryl methyl sites for hydroxylation is 1. The smallest absolute Gasteiger partial charge is 0.251 e. The van der Waals surface area contributed by atoms with Gasteiger partial charge >= 0.3 is 0 Å². The van der Waals surface area contributed by atoms with Crippen molar-refractivity contribution in [2.45, 2.75) is 18.5 Å². The summed E-state index contributed by atoms with van der Waals surface area (Å²) >= 11 is 14.7. The van der Waals surface area contributed by atoms with Gasteiger partial charge in [0, 0.05) is 39.3 Å². The minimum atomic E-state index is -0.241. The van der Waals surface area contributed by atoms with Gasteiger partial charge in [-0.1, -0.05) is 35.0 Å². The Morgan fingerprint density at radius 3 is 2.93 bits per heavy atom. The third-order valence-electron chi connectivity index (χ3n) is 3.36. The average molecular weight is 441 g/mol. The summed E-state index contributed by atoms with van der Waals surface area (Å²) in [5.74, 6) is -0.118. The normalized spacial score (nSPS) is 10.8. The van der Waals surface area contributed by atoms with E-state index in [0.29, 0.717) is 32.4 Å². The lowest BCUT2D eigenvalue weighted by Crippen LogP contribution is -2.15. The molecule has 2 aromatic heterocycles. The van der Waals surface area contributed by atoms with E-state index in [9.17, 15) is 9.59 Å². The minimum Gasteiger partial charge on any atom is -0.301 e. The van der Waals surface area contributed by atoms with Crippen LogP contribution in [0.25, 0.3) is 0 Å². The molecular weight excluding hydrogens is 427 g/mol. The Kier molecular flexibility index (Phi) is 6.54. The van der Waals surface area contributed by atoms with Crippen molar-refractivity contribution in [3.8, 4) is 0 Å². The lowest BCUT2D eigenvalue weighted by molar-refractivity contribution is -0.113. The van der Waals surface area contributed by atoms with Crippen LogP contribution in [0.1, 0.15) is 16.1 Å². The number of aromatic amines is 1. The number of amides is 1. The highest BCUT2D eigenvalue weighted by Gasteiger charge is 2.10. The predicted molar refractivity (Wildman–Crippen MR) is 110 cm³/mol. The number of carbonyl (C=O) groups excluding carboxylic acids is 1. The molecule has 0 saturated carbocycles. The van der Waals surface area contributed by atoms with E-state index >= 15 is 0 Å². The fourth-order valence-corrected chi connectivity index (χ4v) is 4.17. The molecule has 140 valence electrons. The molecule has 0 aliphatic rings. The molecule has 0 aliphatic heterocycles. The summed E-state index contributed by atoms with van der Waals surface area (Å²) in [7, 11) is 0. The number of H-pyrrole nitrogens is 1. The SMILES string of the molecule is Cc1cc(=O)[nH]c(SCC(=O)Nc2ncc(Cc3cc(Cl)ccc3Cl)s2)n1. The van der Waals surface area contributed by atoms with Crippen LogP contribution in [0.15, 0.2) is 40.4 Å². The Balaban J connectivity index is 1.57. The van der Waals surface area contributed by atoms with Gasteiger partial charge in [-0.15, -0.1) is 11.3 Å². The van der Waals surface area contributed by atoms with E-state index in [1.807, 2.05) is 6.07 Å². The van der Waals surface area contributed by atoms with Gasteiger partial charge in [-0.2, -0.15) is 0 Å². The topological polar surface area (TPSA) is 87.7 Å². The molecule has 3 rings (SSSR count). The molecule has 2 heterocycles. The Morgan fingerprint density at radius 2 is 2.15 bits per heavy atom. The fraction of sp³-hybridized carbons (Fsp3) is 0.176. The number of benzene rings is 1. The zero-order chi connectivity index (χ0) is 19.4. The van der Waals surface area contributed by atoms with Crippen molar-refractivity contribution in [1.82, 2.24) is 15.0 Å². The molecule has 1 aromatic carbocycles. The number of hydrogen-bond donors (Lipinski definition) is 2. The molecule has 6 nitrogen and oxygen atoms in total. The van der Waals surface area contributed by atoms with Crippen molar-refractivity contribution in [1.29, 1.82) is 0 Å². The summed E-state index contributed by atoms with van der Waals surface area (Å²) in [6, 6.07) is 6.70. The minimum absolute atomic E-state index is 0.113. The summed E-state index contributed by atoms with van der Waals surface area (Å²) in [4.78, 5) is 35.4. The standard InChI is InChI=1S/C17H14Cl2N4O2S2/c1-9-4-14(24)22-17(21-9)26-8-15(25)23-16-20-7-12(27-16)6-10-5-11(18)2-3-13(10)19/h2-5,7H,6,8H2,1H3,(H,20,23,25)(H,21,22,24). The largest absolute Gasteiger partial charge is 0.301 e. The third-order valence-corrected chi connectivity index (χ3v) is 5.75. The lowest BCUT2D eigenvalue weighted by Gasteiger charge is -2.03. The summed E-state index contributed by atoms with van der Waals surface area (Å²) in [5.41, 5.74) is 1.26. The number of rotatable bonds is 6. The van der Waals surface area contributed by atoms with Crippen LogP contribution in [0, 0.1) is 6.92 Å². The number of nitrogens with one attached hydrogen (secondary N) is 2. The Labute approximate surface area is 173 Å². The van der Waals surface area contributed by atoms with Gasteiger partial charge in [-0.3, -0.25) is 9.59 Å². The molecule has 0 spiro atoms. The summed E-state index contributed by atoms with van der Waals surface area (Å²) in [6.45, 7) is 1.72. The number of aromatic nitrogens is 3. The summed E-state index contributed by atoms with van der Waals surface area (Å²) in [6.07, 6.45) is 2.28. The molecule has 0 fully saturated rings. The molecular formula is C17H14Cl2N4O2S2. The quantitative estimate of drug-likeness (QED) is 0.443. The van der Waals surface area contributed by atoms with Gasteiger partial charge < -0.3 is 10.3 Å². The van der Waals surface area contributed by atoms with Crippen LogP contribution in [0.2, 0.25) is 10.0 Å². The number of thiazole rings is 1. The number of hydrogen-bond acceptors (Lipinski definition) is 6. The molecule has 27 heavy (non-hydrogen) atoms. The van der Waals surface area contributed by atoms with Crippen molar-refractivity contribution in [2.24, 2.45) is 0 Å². The van der Waals surface area contributed by atoms with Crippen LogP contribution in [0.5, 0.6) is 0 Å². The zero-order valence-electron chi connectivity index (χ0n) is 14.1. The second-order valence-electron chi connectivity index (χ2n) is 5.57. The number of halogens is 2. The van der Waals surface area contributed by atoms with Gasteiger partial charge in [0.05, 0.1) is 5.75 Å². The van der Waals surface area contributed by atoms with E-state index < -0.39 is 0 Å². The molecule has 0 radical (unpaired) electrons. The van der Waals surface area contributed by atoms with E-state index in [-0.39, 0.29) is 17.2 Å². The summed E-state index contributed by atoms with van der Waals surface area (Å²) in [5, 5.41) is 4.90. The van der Waals surface area contributed by atoms with E-state index in [4.69, 9.17) is 23.2 Å². The van der Waals surface area contributed by atoms with Gasteiger partial charge in [0.25, 0.3) is 5.56 Å². The van der Waals surface area contributed by atoms with Crippen molar-refractivity contribution >= 4 is 57.3 Å². The Bertz CT molecular complexity index is 1040. The maximum atomic E-state index is 12.1. The predicted octanol–water partition coefficient (Wildman–Crippen LogP) is 4.16. The van der Waals surface area contributed by atoms with Crippen molar-refractivity contribution in [2.75, 3.05) is 11.1 Å². The van der Waals surface area contributed by atoms with Gasteiger partial charge in [0.1, 0.15) is 0 Å². The molecule has 0 atom stereocenters. The zero-order valence-corrected chi connectivity index (χ0v) is 17.2. The van der Waals surface area contributed by atoms with Gasteiger partial charge in [0.2, 0.25) is 5.91 Å². The molecule has 0 bridgehead atoms. The van der Waals surface area contributed by atoms with Crippen LogP contribution >= 0.6 is 46.3 Å². The van der Waals surface area contributed by atoms with Crippen LogP contribution < -0.4 is 10.9 Å². The van der Waals surface area contributed by atoms with Crippen LogP contribution in [-0.2, 0) is 11.2 Å². The van der Waals surface area contributed by atoms with E-state index in [2.05, 4.69) is 20.3 Å². The van der Waals surface area contributed by atoms with E-state index in [1.165, 1.54) is 17.4 Å². The van der Waals surface area contributed by atoms with E-state index in [1.54, 1.807) is 25.3 Å². The fourth-order valence-electron chi connectivity index (χ4n) is 2.22. The second-order valence-corrected chi connectivity index (χ2v) is 8.50. The number of thioether (sulfide) groups is 1. The molecule has 0 unspecified atom stereocenters. The van der Waals surface area contributed by atoms with Gasteiger partial charge in [-0.25, -0.2) is 9.97 Å². The molecule has 10 heteroatoms. The highest BCUT2D eigenvalue weighted by Crippen LogP contribution is 2.27. The molecule has 2 N–H and O–H groups in total.